The Morgan fingerprint density at radius 3 is 2.69 bits per heavy atom. The van der Waals surface area contributed by atoms with Crippen molar-refractivity contribution in [2.24, 2.45) is 7.05 Å². The van der Waals surface area contributed by atoms with Crippen LogP contribution in [0, 0.1) is 13.8 Å². The first-order valence-corrected chi connectivity index (χ1v) is 9.37. The van der Waals surface area contributed by atoms with E-state index in [0.717, 1.165) is 5.69 Å². The largest absolute Gasteiger partial charge is 0.453 e. The Balaban J connectivity index is 1.51. The molecular formula is C20H24N4O5. The summed E-state index contributed by atoms with van der Waals surface area (Å²) in [6, 6.07) is 7.10. The number of esters is 1. The van der Waals surface area contributed by atoms with Gasteiger partial charge in [-0.15, -0.1) is 0 Å². The number of anilines is 1. The van der Waals surface area contributed by atoms with Gasteiger partial charge < -0.3 is 14.5 Å². The van der Waals surface area contributed by atoms with Gasteiger partial charge in [-0.2, -0.15) is 5.10 Å². The van der Waals surface area contributed by atoms with E-state index in [1.165, 1.54) is 11.5 Å². The van der Waals surface area contributed by atoms with Gasteiger partial charge in [-0.1, -0.05) is 12.1 Å². The Hall–Kier alpha value is -3.36. The summed E-state index contributed by atoms with van der Waals surface area (Å²) >= 11 is 0. The molecule has 9 nitrogen and oxygen atoms in total. The summed E-state index contributed by atoms with van der Waals surface area (Å²) in [5, 5.41) is 6.99. The van der Waals surface area contributed by atoms with Crippen LogP contribution in [0.5, 0.6) is 0 Å². The maximum atomic E-state index is 12.3. The first-order valence-electron chi connectivity index (χ1n) is 9.37. The van der Waals surface area contributed by atoms with E-state index in [4.69, 9.17) is 9.15 Å². The predicted octanol–water partition coefficient (Wildman–Crippen LogP) is 2.30. The lowest BCUT2D eigenvalue weighted by molar-refractivity contribution is -0.153. The molecule has 0 saturated carbocycles. The van der Waals surface area contributed by atoms with Crippen molar-refractivity contribution < 1.29 is 18.7 Å². The summed E-state index contributed by atoms with van der Waals surface area (Å²) in [6.45, 7) is 5.47. The van der Waals surface area contributed by atoms with Crippen LogP contribution >= 0.6 is 0 Å². The number of hydrogen-bond donors (Lipinski definition) is 1. The van der Waals surface area contributed by atoms with Gasteiger partial charge in [-0.05, 0) is 39.3 Å². The first-order chi connectivity index (χ1) is 13.8. The van der Waals surface area contributed by atoms with Crippen LogP contribution in [0.4, 0.5) is 5.69 Å². The summed E-state index contributed by atoms with van der Waals surface area (Å²) in [5.74, 6) is -1.39. The van der Waals surface area contributed by atoms with Crippen molar-refractivity contribution in [2.45, 2.75) is 46.3 Å². The highest BCUT2D eigenvalue weighted by molar-refractivity contribution is 5.96. The van der Waals surface area contributed by atoms with Gasteiger partial charge in [0, 0.05) is 20.0 Å². The van der Waals surface area contributed by atoms with E-state index >= 15 is 0 Å². The SMILES string of the molecule is Cc1nn(C)c(C)c1NC(=O)C(C)OC(=O)CCCn1c(=O)oc2ccccc21. The summed E-state index contributed by atoms with van der Waals surface area (Å²) in [6.07, 6.45) is -0.481. The molecule has 0 saturated heterocycles. The molecule has 1 atom stereocenters. The molecule has 2 aromatic heterocycles. The third kappa shape index (κ3) is 4.39. The average molecular weight is 400 g/mol. The van der Waals surface area contributed by atoms with Crippen molar-refractivity contribution in [1.29, 1.82) is 0 Å². The Morgan fingerprint density at radius 2 is 2.00 bits per heavy atom. The normalized spacial score (nSPS) is 12.1. The highest BCUT2D eigenvalue weighted by Gasteiger charge is 2.21. The number of nitrogens with zero attached hydrogens (tertiary/aromatic N) is 3. The minimum atomic E-state index is -0.945. The zero-order valence-corrected chi connectivity index (χ0v) is 16.9. The van der Waals surface area contributed by atoms with Crippen LogP contribution in [0.1, 0.15) is 31.2 Å². The molecular weight excluding hydrogens is 376 g/mol. The second-order valence-electron chi connectivity index (χ2n) is 6.88. The highest BCUT2D eigenvalue weighted by Crippen LogP contribution is 2.19. The van der Waals surface area contributed by atoms with Gasteiger partial charge >= 0.3 is 11.7 Å². The molecule has 1 aromatic carbocycles. The first kappa shape index (κ1) is 20.4. The summed E-state index contributed by atoms with van der Waals surface area (Å²) in [5.41, 5.74) is 3.31. The van der Waals surface area contributed by atoms with Crippen molar-refractivity contribution in [3.05, 3.63) is 46.2 Å². The van der Waals surface area contributed by atoms with Crippen LogP contribution in [-0.2, 0) is 27.9 Å². The number of rotatable bonds is 7. The maximum absolute atomic E-state index is 12.3. The van der Waals surface area contributed by atoms with Gasteiger partial charge in [0.15, 0.2) is 11.7 Å². The molecule has 154 valence electrons. The predicted molar refractivity (Wildman–Crippen MR) is 107 cm³/mol. The van der Waals surface area contributed by atoms with E-state index in [9.17, 15) is 14.4 Å². The molecule has 1 N–H and O–H groups in total. The van der Waals surface area contributed by atoms with Gasteiger partial charge in [-0.3, -0.25) is 18.8 Å². The van der Waals surface area contributed by atoms with E-state index in [0.29, 0.717) is 35.4 Å². The molecule has 1 unspecified atom stereocenters. The fourth-order valence-corrected chi connectivity index (χ4v) is 3.10. The van der Waals surface area contributed by atoms with Crippen LogP contribution < -0.4 is 11.1 Å². The third-order valence-corrected chi connectivity index (χ3v) is 4.77. The number of carbonyl (C=O) groups is 2. The molecule has 9 heteroatoms. The second kappa shape index (κ2) is 8.34. The molecule has 29 heavy (non-hydrogen) atoms. The molecule has 3 aromatic rings. The second-order valence-corrected chi connectivity index (χ2v) is 6.88. The summed E-state index contributed by atoms with van der Waals surface area (Å²) in [4.78, 5) is 36.4. The number of benzene rings is 1. The number of fused-ring (bicyclic) bond motifs is 1. The molecule has 0 aliphatic carbocycles. The lowest BCUT2D eigenvalue weighted by atomic mass is 10.2. The smallest absolute Gasteiger partial charge is 0.419 e. The molecule has 2 heterocycles. The van der Waals surface area contributed by atoms with Crippen molar-refractivity contribution in [2.75, 3.05) is 5.32 Å². The average Bonchev–Trinajstić information content (AvgIpc) is 3.12. The Labute approximate surface area is 167 Å². The number of carbonyl (C=O) groups excluding carboxylic acids is 2. The maximum Gasteiger partial charge on any atom is 0.419 e. The zero-order chi connectivity index (χ0) is 21.1. The molecule has 0 radical (unpaired) electrons. The van der Waals surface area contributed by atoms with Gasteiger partial charge in [0.05, 0.1) is 22.6 Å². The Morgan fingerprint density at radius 1 is 1.28 bits per heavy atom. The molecule has 0 spiro atoms. The number of amides is 1. The van der Waals surface area contributed by atoms with Gasteiger partial charge in [-0.25, -0.2) is 4.79 Å². The molecule has 0 aliphatic rings. The van der Waals surface area contributed by atoms with Crippen LogP contribution in [0.25, 0.3) is 11.1 Å². The van der Waals surface area contributed by atoms with E-state index in [2.05, 4.69) is 10.4 Å². The Kier molecular flexibility index (Phi) is 5.86. The van der Waals surface area contributed by atoms with Crippen LogP contribution in [0.2, 0.25) is 0 Å². The van der Waals surface area contributed by atoms with Crippen LogP contribution in [-0.4, -0.2) is 32.3 Å². The van der Waals surface area contributed by atoms with Gasteiger partial charge in [0.25, 0.3) is 5.91 Å². The Bertz CT molecular complexity index is 1110. The summed E-state index contributed by atoms with van der Waals surface area (Å²) < 4.78 is 13.5. The van der Waals surface area contributed by atoms with Crippen molar-refractivity contribution >= 4 is 28.7 Å². The van der Waals surface area contributed by atoms with Gasteiger partial charge in [0.1, 0.15) is 0 Å². The number of aryl methyl sites for hydroxylation is 3. The molecule has 0 aliphatic heterocycles. The van der Waals surface area contributed by atoms with Gasteiger partial charge in [0.2, 0.25) is 0 Å². The number of para-hydroxylation sites is 2. The molecule has 0 fully saturated rings. The lowest BCUT2D eigenvalue weighted by Crippen LogP contribution is -2.30. The van der Waals surface area contributed by atoms with Crippen molar-refractivity contribution in [3.8, 4) is 0 Å². The number of nitrogens with one attached hydrogen (secondary N) is 1. The van der Waals surface area contributed by atoms with E-state index in [1.807, 2.05) is 13.0 Å². The quantitative estimate of drug-likeness (QED) is 0.610. The minimum absolute atomic E-state index is 0.0779. The molecule has 0 bridgehead atoms. The fraction of sp³-hybridized carbons (Fsp3) is 0.400. The zero-order valence-electron chi connectivity index (χ0n) is 16.9. The topological polar surface area (TPSA) is 108 Å². The van der Waals surface area contributed by atoms with E-state index in [-0.39, 0.29) is 6.42 Å². The monoisotopic (exact) mass is 400 g/mol. The minimum Gasteiger partial charge on any atom is -0.453 e. The number of aromatic nitrogens is 3. The third-order valence-electron chi connectivity index (χ3n) is 4.77. The number of ether oxygens (including phenoxy) is 1. The van der Waals surface area contributed by atoms with Crippen molar-refractivity contribution in [3.63, 3.8) is 0 Å². The number of hydrogen-bond acceptors (Lipinski definition) is 6. The van der Waals surface area contributed by atoms with Crippen LogP contribution in [0.3, 0.4) is 0 Å². The summed E-state index contributed by atoms with van der Waals surface area (Å²) in [7, 11) is 1.79. The van der Waals surface area contributed by atoms with Crippen LogP contribution in [0.15, 0.2) is 33.5 Å². The standard InChI is InChI=1S/C20H24N4O5/c1-12-18(13(2)23(4)22-12)21-19(26)14(3)28-17(25)10-7-11-24-15-8-5-6-9-16(15)29-20(24)27/h5-6,8-9,14H,7,10-11H2,1-4H3,(H,21,26). The molecule has 3 rings (SSSR count). The van der Waals surface area contributed by atoms with E-state index < -0.39 is 23.7 Å². The lowest BCUT2D eigenvalue weighted by Gasteiger charge is -2.14. The fourth-order valence-electron chi connectivity index (χ4n) is 3.10. The molecule has 1 amide bonds. The number of oxazole rings is 1. The highest BCUT2D eigenvalue weighted by atomic mass is 16.5. The van der Waals surface area contributed by atoms with E-state index in [1.54, 1.807) is 36.9 Å². The van der Waals surface area contributed by atoms with Crippen molar-refractivity contribution in [1.82, 2.24) is 14.3 Å².